The van der Waals surface area contributed by atoms with Gasteiger partial charge >= 0.3 is 6.18 Å². The zero-order chi connectivity index (χ0) is 21.0. The van der Waals surface area contributed by atoms with E-state index in [4.69, 9.17) is 11.6 Å². The summed E-state index contributed by atoms with van der Waals surface area (Å²) in [5.41, 5.74) is -0.510. The number of pyridine rings is 1. The van der Waals surface area contributed by atoms with E-state index < -0.39 is 17.6 Å². The number of alkyl halides is 3. The Morgan fingerprint density at radius 1 is 1.07 bits per heavy atom. The van der Waals surface area contributed by atoms with Crippen molar-refractivity contribution in [1.29, 1.82) is 0 Å². The molecule has 1 aromatic carbocycles. The molecular weight excluding hydrogens is 409 g/mol. The highest BCUT2D eigenvalue weighted by Crippen LogP contribution is 2.29. The van der Waals surface area contributed by atoms with E-state index in [0.717, 1.165) is 12.3 Å². The smallest absolute Gasteiger partial charge is 0.353 e. The van der Waals surface area contributed by atoms with Gasteiger partial charge in [-0.15, -0.1) is 0 Å². The van der Waals surface area contributed by atoms with E-state index in [-0.39, 0.29) is 12.5 Å². The van der Waals surface area contributed by atoms with Gasteiger partial charge < -0.3 is 15.1 Å². The van der Waals surface area contributed by atoms with Crippen LogP contribution in [0.4, 0.5) is 19.0 Å². The molecule has 6 nitrogen and oxygen atoms in total. The van der Waals surface area contributed by atoms with Gasteiger partial charge in [-0.05, 0) is 24.3 Å². The van der Waals surface area contributed by atoms with Crippen LogP contribution in [-0.2, 0) is 11.0 Å². The number of nitrogens with one attached hydrogen (secondary N) is 1. The molecule has 1 saturated heterocycles. The number of anilines is 1. The maximum absolute atomic E-state index is 12.6. The van der Waals surface area contributed by atoms with Crippen LogP contribution in [0.25, 0.3) is 0 Å². The molecule has 0 radical (unpaired) electrons. The van der Waals surface area contributed by atoms with Gasteiger partial charge in [-0.3, -0.25) is 9.59 Å². The molecule has 10 heteroatoms. The number of aromatic nitrogens is 1. The van der Waals surface area contributed by atoms with Crippen LogP contribution in [0.15, 0.2) is 42.6 Å². The molecule has 0 bridgehead atoms. The third-order valence-corrected chi connectivity index (χ3v) is 4.88. The summed E-state index contributed by atoms with van der Waals surface area (Å²) >= 11 is 5.96. The van der Waals surface area contributed by atoms with E-state index in [1.807, 2.05) is 4.90 Å². The van der Waals surface area contributed by atoms with Gasteiger partial charge in [0.1, 0.15) is 5.82 Å². The van der Waals surface area contributed by atoms with Gasteiger partial charge in [0.25, 0.3) is 5.91 Å². The molecule has 0 saturated carbocycles. The van der Waals surface area contributed by atoms with E-state index in [0.29, 0.717) is 42.6 Å². The second-order valence-electron chi connectivity index (χ2n) is 6.43. The third-order valence-electron chi connectivity index (χ3n) is 4.55. The lowest BCUT2D eigenvalue weighted by atomic mass is 10.2. The fraction of sp³-hybridized carbons (Fsp3) is 0.316. The Morgan fingerprint density at radius 3 is 2.34 bits per heavy atom. The Bertz CT molecular complexity index is 882. The molecule has 1 aromatic heterocycles. The van der Waals surface area contributed by atoms with Crippen molar-refractivity contribution in [2.75, 3.05) is 37.6 Å². The number of hydrogen-bond acceptors (Lipinski definition) is 4. The number of hydrogen-bond donors (Lipinski definition) is 1. The number of benzene rings is 1. The molecule has 0 unspecified atom stereocenters. The molecule has 0 spiro atoms. The highest BCUT2D eigenvalue weighted by atomic mass is 35.5. The second kappa shape index (κ2) is 8.69. The largest absolute Gasteiger partial charge is 0.417 e. The summed E-state index contributed by atoms with van der Waals surface area (Å²) in [6.45, 7) is 1.46. The van der Waals surface area contributed by atoms with Crippen molar-refractivity contribution in [2.24, 2.45) is 0 Å². The maximum atomic E-state index is 12.6. The van der Waals surface area contributed by atoms with Crippen LogP contribution >= 0.6 is 11.6 Å². The summed E-state index contributed by atoms with van der Waals surface area (Å²) in [7, 11) is 0. The maximum Gasteiger partial charge on any atom is 0.417 e. The fourth-order valence-electron chi connectivity index (χ4n) is 2.93. The van der Waals surface area contributed by atoms with Crippen molar-refractivity contribution in [1.82, 2.24) is 15.2 Å². The van der Waals surface area contributed by atoms with Crippen LogP contribution in [0.5, 0.6) is 0 Å². The summed E-state index contributed by atoms with van der Waals surface area (Å²) in [6, 6.07) is 8.85. The van der Waals surface area contributed by atoms with Gasteiger partial charge in [0.2, 0.25) is 5.91 Å². The van der Waals surface area contributed by atoms with E-state index in [1.165, 1.54) is 6.07 Å². The van der Waals surface area contributed by atoms with Crippen LogP contribution in [0, 0.1) is 0 Å². The van der Waals surface area contributed by atoms with Crippen LogP contribution in [0.3, 0.4) is 0 Å². The van der Waals surface area contributed by atoms with Crippen molar-refractivity contribution in [3.05, 3.63) is 58.7 Å². The predicted molar refractivity (Wildman–Crippen MR) is 102 cm³/mol. The molecule has 1 aliphatic rings. The summed E-state index contributed by atoms with van der Waals surface area (Å²) in [6.07, 6.45) is -3.62. The Hall–Kier alpha value is -2.81. The van der Waals surface area contributed by atoms with E-state index in [9.17, 15) is 22.8 Å². The molecule has 2 aromatic rings. The molecule has 0 aliphatic carbocycles. The number of amides is 2. The van der Waals surface area contributed by atoms with Crippen molar-refractivity contribution >= 4 is 29.2 Å². The van der Waals surface area contributed by atoms with Crippen LogP contribution in [0.2, 0.25) is 5.02 Å². The van der Waals surface area contributed by atoms with Gasteiger partial charge in [0, 0.05) is 32.4 Å². The monoisotopic (exact) mass is 426 g/mol. The molecule has 29 heavy (non-hydrogen) atoms. The number of carbonyl (C=O) groups excluding carboxylic acids is 2. The summed E-state index contributed by atoms with van der Waals surface area (Å²) in [4.78, 5) is 31.7. The Kier molecular flexibility index (Phi) is 6.26. The molecule has 2 amide bonds. The molecule has 1 N–H and O–H groups in total. The third kappa shape index (κ3) is 5.17. The first-order valence-electron chi connectivity index (χ1n) is 8.84. The first-order chi connectivity index (χ1) is 13.8. The molecular formula is C19H18ClF3N4O2. The molecule has 1 fully saturated rings. The fourth-order valence-corrected chi connectivity index (χ4v) is 3.16. The quantitative estimate of drug-likeness (QED) is 0.816. The predicted octanol–water partition coefficient (Wildman–Crippen LogP) is 2.83. The Labute approximate surface area is 170 Å². The molecule has 154 valence electrons. The molecule has 0 atom stereocenters. The molecule has 3 rings (SSSR count). The zero-order valence-corrected chi connectivity index (χ0v) is 16.0. The highest BCUT2D eigenvalue weighted by Gasteiger charge is 2.31. The van der Waals surface area contributed by atoms with Crippen LogP contribution < -0.4 is 10.2 Å². The van der Waals surface area contributed by atoms with Gasteiger partial charge in [-0.25, -0.2) is 4.98 Å². The summed E-state index contributed by atoms with van der Waals surface area (Å²) in [5.74, 6) is -0.251. The zero-order valence-electron chi connectivity index (χ0n) is 15.2. The van der Waals surface area contributed by atoms with Gasteiger partial charge in [-0.1, -0.05) is 23.7 Å². The van der Waals surface area contributed by atoms with E-state index >= 15 is 0 Å². The lowest BCUT2D eigenvalue weighted by Gasteiger charge is -2.35. The number of piperazine rings is 1. The second-order valence-corrected chi connectivity index (χ2v) is 6.84. The Balaban J connectivity index is 1.49. The number of carbonyl (C=O) groups is 2. The average Bonchev–Trinajstić information content (AvgIpc) is 2.71. The van der Waals surface area contributed by atoms with Gasteiger partial charge in [-0.2, -0.15) is 13.2 Å². The summed E-state index contributed by atoms with van der Waals surface area (Å²) < 4.78 is 37.9. The van der Waals surface area contributed by atoms with Crippen molar-refractivity contribution in [3.8, 4) is 0 Å². The average molecular weight is 427 g/mol. The number of halogens is 4. The minimum absolute atomic E-state index is 0.164. The topological polar surface area (TPSA) is 65.5 Å². The Morgan fingerprint density at radius 2 is 1.76 bits per heavy atom. The highest BCUT2D eigenvalue weighted by molar-refractivity contribution is 6.33. The minimum Gasteiger partial charge on any atom is -0.353 e. The van der Waals surface area contributed by atoms with E-state index in [1.54, 1.807) is 29.2 Å². The number of nitrogens with zero attached hydrogens (tertiary/aromatic N) is 3. The molecule has 1 aliphatic heterocycles. The van der Waals surface area contributed by atoms with E-state index in [2.05, 4.69) is 10.3 Å². The van der Waals surface area contributed by atoms with Crippen molar-refractivity contribution in [3.63, 3.8) is 0 Å². The normalized spacial score (nSPS) is 14.6. The van der Waals surface area contributed by atoms with Crippen LogP contribution in [-0.4, -0.2) is 54.4 Å². The van der Waals surface area contributed by atoms with Crippen LogP contribution in [0.1, 0.15) is 15.9 Å². The SMILES string of the molecule is O=C(NCC(=O)N1CCN(c2ccc(C(F)(F)F)cn2)CC1)c1ccccc1Cl. The summed E-state index contributed by atoms with van der Waals surface area (Å²) in [5, 5.41) is 2.85. The van der Waals surface area contributed by atoms with Gasteiger partial charge in [0.15, 0.2) is 0 Å². The molecule has 2 heterocycles. The lowest BCUT2D eigenvalue weighted by Crippen LogP contribution is -2.51. The van der Waals surface area contributed by atoms with Crippen molar-refractivity contribution < 1.29 is 22.8 Å². The van der Waals surface area contributed by atoms with Gasteiger partial charge in [0.05, 0.1) is 22.7 Å². The van der Waals surface area contributed by atoms with Crippen molar-refractivity contribution in [2.45, 2.75) is 6.18 Å². The first kappa shape index (κ1) is 20.9. The standard InChI is InChI=1S/C19H18ClF3N4O2/c20-15-4-2-1-3-14(15)18(29)25-12-17(28)27-9-7-26(8-10-27)16-6-5-13(11-24-16)19(21,22)23/h1-6,11H,7-10,12H2,(H,25,29). The minimum atomic E-state index is -4.43. The lowest BCUT2D eigenvalue weighted by molar-refractivity contribution is -0.137. The first-order valence-corrected chi connectivity index (χ1v) is 9.22. The number of rotatable bonds is 4.